The van der Waals surface area contributed by atoms with Crippen LogP contribution >= 0.6 is 12.2 Å². The first-order valence-corrected chi connectivity index (χ1v) is 6.29. The average molecular weight is 210 g/mol. The molecule has 3 aliphatic carbocycles. The van der Waals surface area contributed by atoms with Crippen molar-refractivity contribution in [2.24, 2.45) is 11.8 Å². The minimum atomic E-state index is 0.687. The molecule has 3 fully saturated rings. The van der Waals surface area contributed by atoms with Crippen LogP contribution in [0.3, 0.4) is 0 Å². The highest BCUT2D eigenvalue weighted by Gasteiger charge is 2.39. The summed E-state index contributed by atoms with van der Waals surface area (Å²) in [5, 5.41) is 7.77. The lowest BCUT2D eigenvalue weighted by molar-refractivity contribution is 0.389. The summed E-state index contributed by atoms with van der Waals surface area (Å²) in [4.78, 5) is 0. The molecule has 0 aromatic heterocycles. The zero-order chi connectivity index (χ0) is 9.54. The van der Waals surface area contributed by atoms with Crippen LogP contribution in [-0.2, 0) is 0 Å². The van der Waals surface area contributed by atoms with E-state index in [-0.39, 0.29) is 0 Å². The minimum absolute atomic E-state index is 0.687. The number of nitrogens with one attached hydrogen (secondary N) is 2. The second-order valence-electron chi connectivity index (χ2n) is 5.17. The third-order valence-electron chi connectivity index (χ3n) is 3.97. The van der Waals surface area contributed by atoms with Gasteiger partial charge in [0.1, 0.15) is 0 Å². The lowest BCUT2D eigenvalue weighted by Gasteiger charge is -2.24. The molecule has 3 heteroatoms. The van der Waals surface area contributed by atoms with Gasteiger partial charge in [0.15, 0.2) is 5.11 Å². The van der Waals surface area contributed by atoms with E-state index in [4.69, 9.17) is 12.2 Å². The van der Waals surface area contributed by atoms with Crippen molar-refractivity contribution in [1.82, 2.24) is 10.6 Å². The topological polar surface area (TPSA) is 24.1 Å². The van der Waals surface area contributed by atoms with Crippen LogP contribution in [0.1, 0.15) is 38.5 Å². The molecular formula is C11H18N2S. The molecule has 14 heavy (non-hydrogen) atoms. The molecule has 0 aliphatic heterocycles. The van der Waals surface area contributed by atoms with E-state index < -0.39 is 0 Å². The molecule has 0 amide bonds. The molecule has 2 nitrogen and oxygen atoms in total. The van der Waals surface area contributed by atoms with E-state index in [1.807, 2.05) is 0 Å². The molecule has 3 atom stereocenters. The molecule has 3 aliphatic rings. The fraction of sp³-hybridized carbons (Fsp3) is 0.909. The van der Waals surface area contributed by atoms with Crippen LogP contribution in [0.2, 0.25) is 0 Å². The normalized spacial score (nSPS) is 39.9. The third-order valence-corrected chi connectivity index (χ3v) is 4.20. The molecule has 0 heterocycles. The molecule has 2 N–H and O–H groups in total. The van der Waals surface area contributed by atoms with Gasteiger partial charge >= 0.3 is 0 Å². The summed E-state index contributed by atoms with van der Waals surface area (Å²) < 4.78 is 0. The van der Waals surface area contributed by atoms with Gasteiger partial charge in [-0.3, -0.25) is 0 Å². The first-order valence-electron chi connectivity index (χ1n) is 5.88. The van der Waals surface area contributed by atoms with Crippen molar-refractivity contribution in [3.63, 3.8) is 0 Å². The van der Waals surface area contributed by atoms with E-state index in [0.29, 0.717) is 12.1 Å². The van der Waals surface area contributed by atoms with Crippen LogP contribution in [0, 0.1) is 11.8 Å². The van der Waals surface area contributed by atoms with Gasteiger partial charge in [0, 0.05) is 12.1 Å². The van der Waals surface area contributed by atoms with Gasteiger partial charge in [-0.05, 0) is 56.2 Å². The summed E-state index contributed by atoms with van der Waals surface area (Å²) in [5.74, 6) is 1.92. The quantitative estimate of drug-likeness (QED) is 0.680. The van der Waals surface area contributed by atoms with Crippen molar-refractivity contribution in [2.75, 3.05) is 0 Å². The Morgan fingerprint density at radius 1 is 1.00 bits per heavy atom. The van der Waals surface area contributed by atoms with E-state index in [1.165, 1.54) is 38.5 Å². The molecular weight excluding hydrogens is 192 g/mol. The van der Waals surface area contributed by atoms with Crippen molar-refractivity contribution < 1.29 is 0 Å². The van der Waals surface area contributed by atoms with Gasteiger partial charge in [0.2, 0.25) is 0 Å². The third kappa shape index (κ3) is 1.74. The van der Waals surface area contributed by atoms with Crippen LogP contribution in [0.5, 0.6) is 0 Å². The van der Waals surface area contributed by atoms with Gasteiger partial charge < -0.3 is 10.6 Å². The predicted molar refractivity (Wildman–Crippen MR) is 61.1 cm³/mol. The monoisotopic (exact) mass is 210 g/mol. The van der Waals surface area contributed by atoms with E-state index in [1.54, 1.807) is 0 Å². The highest BCUT2D eigenvalue weighted by atomic mass is 32.1. The van der Waals surface area contributed by atoms with E-state index in [0.717, 1.165) is 16.9 Å². The molecule has 0 aromatic carbocycles. The number of hydrogen-bond acceptors (Lipinski definition) is 1. The fourth-order valence-corrected chi connectivity index (χ4v) is 3.36. The van der Waals surface area contributed by atoms with E-state index >= 15 is 0 Å². The highest BCUT2D eigenvalue weighted by molar-refractivity contribution is 7.80. The average Bonchev–Trinajstić information content (AvgIpc) is 2.74. The number of rotatable bonds is 2. The van der Waals surface area contributed by atoms with Gasteiger partial charge in [-0.25, -0.2) is 0 Å². The van der Waals surface area contributed by atoms with Crippen LogP contribution in [0.4, 0.5) is 0 Å². The second-order valence-corrected chi connectivity index (χ2v) is 5.58. The summed E-state index contributed by atoms with van der Waals surface area (Å²) in [6, 6.07) is 1.38. The van der Waals surface area contributed by atoms with Crippen molar-refractivity contribution >= 4 is 17.3 Å². The Balaban J connectivity index is 1.49. The summed E-state index contributed by atoms with van der Waals surface area (Å²) in [7, 11) is 0. The Kier molecular flexibility index (Phi) is 2.15. The van der Waals surface area contributed by atoms with Gasteiger partial charge in [-0.15, -0.1) is 0 Å². The van der Waals surface area contributed by atoms with Gasteiger partial charge in [0.05, 0.1) is 0 Å². The SMILES string of the molecule is S=C(NC1CC1)NC1CC2CCC1C2. The molecule has 3 unspecified atom stereocenters. The molecule has 0 radical (unpaired) electrons. The standard InChI is InChI=1S/C11H18N2S/c14-11(12-9-3-4-9)13-10-6-7-1-2-8(10)5-7/h7-10H,1-6H2,(H2,12,13,14). The zero-order valence-electron chi connectivity index (χ0n) is 8.46. The highest BCUT2D eigenvalue weighted by Crippen LogP contribution is 2.44. The summed E-state index contributed by atoms with van der Waals surface area (Å²) in [6.45, 7) is 0. The Morgan fingerprint density at radius 2 is 1.86 bits per heavy atom. The van der Waals surface area contributed by atoms with Gasteiger partial charge in [0.25, 0.3) is 0 Å². The summed E-state index contributed by atoms with van der Waals surface area (Å²) >= 11 is 5.30. The summed E-state index contributed by atoms with van der Waals surface area (Å²) in [6.07, 6.45) is 8.30. The molecule has 3 saturated carbocycles. The van der Waals surface area contributed by atoms with E-state index in [2.05, 4.69) is 10.6 Å². The van der Waals surface area contributed by atoms with Gasteiger partial charge in [-0.2, -0.15) is 0 Å². The van der Waals surface area contributed by atoms with E-state index in [9.17, 15) is 0 Å². The Labute approximate surface area is 90.8 Å². The Bertz CT molecular complexity index is 250. The smallest absolute Gasteiger partial charge is 0.166 e. The Hall–Kier alpha value is -0.310. The molecule has 3 rings (SSSR count). The maximum atomic E-state index is 5.30. The largest absolute Gasteiger partial charge is 0.360 e. The predicted octanol–water partition coefficient (Wildman–Crippen LogP) is 1.80. The number of thiocarbonyl (C=S) groups is 1. The van der Waals surface area contributed by atoms with Crippen molar-refractivity contribution in [1.29, 1.82) is 0 Å². The molecule has 0 saturated heterocycles. The first kappa shape index (κ1) is 8.96. The van der Waals surface area contributed by atoms with Crippen molar-refractivity contribution in [3.8, 4) is 0 Å². The number of hydrogen-bond donors (Lipinski definition) is 2. The fourth-order valence-electron chi connectivity index (χ4n) is 3.04. The maximum absolute atomic E-state index is 5.30. The van der Waals surface area contributed by atoms with Crippen molar-refractivity contribution in [3.05, 3.63) is 0 Å². The van der Waals surface area contributed by atoms with Crippen LogP contribution in [0.15, 0.2) is 0 Å². The molecule has 0 spiro atoms. The maximum Gasteiger partial charge on any atom is 0.166 e. The molecule has 2 bridgehead atoms. The molecule has 78 valence electrons. The number of fused-ring (bicyclic) bond motifs is 2. The van der Waals surface area contributed by atoms with Crippen LogP contribution in [-0.4, -0.2) is 17.2 Å². The lowest BCUT2D eigenvalue weighted by Crippen LogP contribution is -2.44. The van der Waals surface area contributed by atoms with Crippen molar-refractivity contribution in [2.45, 2.75) is 50.6 Å². The Morgan fingerprint density at radius 3 is 2.43 bits per heavy atom. The zero-order valence-corrected chi connectivity index (χ0v) is 9.28. The summed E-state index contributed by atoms with van der Waals surface area (Å²) in [5.41, 5.74) is 0. The second kappa shape index (κ2) is 3.37. The van der Waals surface area contributed by atoms with Crippen LogP contribution < -0.4 is 10.6 Å². The van der Waals surface area contributed by atoms with Gasteiger partial charge in [-0.1, -0.05) is 6.42 Å². The van der Waals surface area contributed by atoms with Crippen LogP contribution in [0.25, 0.3) is 0 Å². The lowest BCUT2D eigenvalue weighted by atomic mass is 9.96. The minimum Gasteiger partial charge on any atom is -0.360 e. The molecule has 0 aromatic rings. The first-order chi connectivity index (χ1) is 6.81.